The molecule has 0 radical (unpaired) electrons. The molecule has 0 aliphatic rings. The van der Waals surface area contributed by atoms with E-state index in [9.17, 15) is 14.4 Å². The topological polar surface area (TPSA) is 88.1 Å². The maximum atomic E-state index is 12.3. The molecule has 0 amide bonds. The number of esters is 2. The maximum Gasteiger partial charge on any atom is 0.509 e. The summed E-state index contributed by atoms with van der Waals surface area (Å²) in [5.41, 5.74) is 0.793. The zero-order chi connectivity index (χ0) is 19.5. The van der Waals surface area contributed by atoms with Gasteiger partial charge in [-0.2, -0.15) is 0 Å². The van der Waals surface area contributed by atoms with E-state index in [2.05, 4.69) is 16.6 Å². The van der Waals surface area contributed by atoms with Gasteiger partial charge in [0.1, 0.15) is 0 Å². The molecule has 0 heterocycles. The van der Waals surface area contributed by atoms with Crippen molar-refractivity contribution in [2.45, 2.75) is 32.8 Å². The molecule has 1 aromatic rings. The Bertz CT molecular complexity index is 681. The Morgan fingerprint density at radius 3 is 2.15 bits per heavy atom. The lowest BCUT2D eigenvalue weighted by molar-refractivity contribution is -0.156. The second-order valence-electron chi connectivity index (χ2n) is 5.01. The van der Waals surface area contributed by atoms with Crippen molar-refractivity contribution in [3.63, 3.8) is 0 Å². The van der Waals surface area contributed by atoms with Gasteiger partial charge in [-0.25, -0.2) is 4.79 Å². The van der Waals surface area contributed by atoms with Crippen molar-refractivity contribution in [3.05, 3.63) is 35.4 Å². The van der Waals surface area contributed by atoms with Crippen LogP contribution < -0.4 is 0 Å². The minimum atomic E-state index is -1.24. The van der Waals surface area contributed by atoms with Gasteiger partial charge in [0.05, 0.1) is 20.3 Å². The van der Waals surface area contributed by atoms with Crippen molar-refractivity contribution < 1.29 is 33.3 Å². The summed E-state index contributed by atoms with van der Waals surface area (Å²) in [5.74, 6) is 2.89. The average Bonchev–Trinajstić information content (AvgIpc) is 2.61. The van der Waals surface area contributed by atoms with E-state index in [-0.39, 0.29) is 13.2 Å². The lowest BCUT2D eigenvalue weighted by Gasteiger charge is -2.16. The highest BCUT2D eigenvalue weighted by Gasteiger charge is 2.33. The molecule has 0 spiro atoms. The second kappa shape index (κ2) is 10.8. The first-order chi connectivity index (χ1) is 12.4. The van der Waals surface area contributed by atoms with Gasteiger partial charge < -0.3 is 18.9 Å². The van der Waals surface area contributed by atoms with Crippen LogP contribution in [0.4, 0.5) is 4.79 Å². The molecule has 0 aromatic heterocycles. The number of carbonyl (C=O) groups is 3. The van der Waals surface area contributed by atoms with Crippen LogP contribution in [0.25, 0.3) is 0 Å². The molecule has 0 saturated heterocycles. The Labute approximate surface area is 152 Å². The molecule has 0 bridgehead atoms. The fourth-order valence-corrected chi connectivity index (χ4v) is 2.07. The van der Waals surface area contributed by atoms with E-state index < -0.39 is 30.1 Å². The van der Waals surface area contributed by atoms with Gasteiger partial charge in [0, 0.05) is 5.56 Å². The third kappa shape index (κ3) is 6.13. The Morgan fingerprint density at radius 1 is 1.04 bits per heavy atom. The number of hydrogen-bond acceptors (Lipinski definition) is 7. The first-order valence-corrected chi connectivity index (χ1v) is 8.12. The molecular formula is C19H22O7. The van der Waals surface area contributed by atoms with Crippen molar-refractivity contribution in [2.24, 2.45) is 0 Å². The SMILES string of the molecule is CCOC(=O)C(C(=O)OCC)c1ccccc1C#CC(C)OC(=O)OC. The quantitative estimate of drug-likeness (QED) is 0.332. The van der Waals surface area contributed by atoms with Gasteiger partial charge in [0.25, 0.3) is 0 Å². The fourth-order valence-electron chi connectivity index (χ4n) is 2.07. The highest BCUT2D eigenvalue weighted by molar-refractivity contribution is 6.01. The van der Waals surface area contributed by atoms with Crippen LogP contribution in [0, 0.1) is 11.8 Å². The molecule has 26 heavy (non-hydrogen) atoms. The third-order valence-electron chi connectivity index (χ3n) is 3.17. The maximum absolute atomic E-state index is 12.3. The van der Waals surface area contributed by atoms with Crippen molar-refractivity contribution in [3.8, 4) is 11.8 Å². The first kappa shape index (κ1) is 21.0. The highest BCUT2D eigenvalue weighted by atomic mass is 16.7. The smallest absolute Gasteiger partial charge is 0.465 e. The van der Waals surface area contributed by atoms with Crippen LogP contribution in [0.5, 0.6) is 0 Å². The van der Waals surface area contributed by atoms with E-state index >= 15 is 0 Å². The Hall–Kier alpha value is -3.01. The highest BCUT2D eigenvalue weighted by Crippen LogP contribution is 2.23. The Balaban J connectivity index is 3.20. The van der Waals surface area contributed by atoms with Crippen LogP contribution in [-0.4, -0.2) is 44.5 Å². The summed E-state index contributed by atoms with van der Waals surface area (Å²) in [7, 11) is 1.20. The van der Waals surface area contributed by atoms with Crippen LogP contribution in [0.1, 0.15) is 37.8 Å². The second-order valence-corrected chi connectivity index (χ2v) is 5.01. The molecule has 1 aromatic carbocycles. The minimum absolute atomic E-state index is 0.132. The number of methoxy groups -OCH3 is 1. The summed E-state index contributed by atoms with van der Waals surface area (Å²) < 4.78 is 19.3. The molecule has 1 unspecified atom stereocenters. The van der Waals surface area contributed by atoms with Gasteiger partial charge in [-0.15, -0.1) is 0 Å². The van der Waals surface area contributed by atoms with E-state index in [1.165, 1.54) is 7.11 Å². The first-order valence-electron chi connectivity index (χ1n) is 8.12. The zero-order valence-electron chi connectivity index (χ0n) is 15.2. The van der Waals surface area contributed by atoms with Crippen LogP contribution in [0.15, 0.2) is 24.3 Å². The van der Waals surface area contributed by atoms with Gasteiger partial charge in [0.2, 0.25) is 0 Å². The predicted octanol–water partition coefficient (Wildman–Crippen LogP) is 2.42. The van der Waals surface area contributed by atoms with Crippen LogP contribution in [0.3, 0.4) is 0 Å². The molecule has 0 saturated carbocycles. The largest absolute Gasteiger partial charge is 0.509 e. The molecule has 0 aliphatic heterocycles. The van der Waals surface area contributed by atoms with E-state index in [0.29, 0.717) is 11.1 Å². The summed E-state index contributed by atoms with van der Waals surface area (Å²) in [6, 6.07) is 6.65. The molecule has 7 heteroatoms. The summed E-state index contributed by atoms with van der Waals surface area (Å²) in [6.45, 7) is 5.13. The van der Waals surface area contributed by atoms with Crippen molar-refractivity contribution in [1.29, 1.82) is 0 Å². The number of hydrogen-bond donors (Lipinski definition) is 0. The monoisotopic (exact) mass is 362 g/mol. The van der Waals surface area contributed by atoms with Crippen molar-refractivity contribution in [2.75, 3.05) is 20.3 Å². The van der Waals surface area contributed by atoms with E-state index in [1.807, 2.05) is 0 Å². The van der Waals surface area contributed by atoms with Gasteiger partial charge in [-0.1, -0.05) is 30.0 Å². The zero-order valence-corrected chi connectivity index (χ0v) is 15.2. The van der Waals surface area contributed by atoms with E-state index in [4.69, 9.17) is 14.2 Å². The number of benzene rings is 1. The summed E-state index contributed by atoms with van der Waals surface area (Å²) >= 11 is 0. The molecule has 0 N–H and O–H groups in total. The summed E-state index contributed by atoms with van der Waals surface area (Å²) in [5, 5.41) is 0. The molecule has 0 aliphatic carbocycles. The normalized spacial score (nSPS) is 11.0. The standard InChI is InChI=1S/C19H22O7/c1-5-24-17(20)16(18(21)25-6-2)15-10-8-7-9-14(15)12-11-13(3)26-19(22)23-4/h7-10,13,16H,5-6H2,1-4H3. The Morgan fingerprint density at radius 2 is 1.62 bits per heavy atom. The molecule has 0 fully saturated rings. The third-order valence-corrected chi connectivity index (χ3v) is 3.17. The number of ether oxygens (including phenoxy) is 4. The number of carbonyl (C=O) groups excluding carboxylic acids is 3. The van der Waals surface area contributed by atoms with Gasteiger partial charge >= 0.3 is 18.1 Å². The molecular weight excluding hydrogens is 340 g/mol. The van der Waals surface area contributed by atoms with E-state index in [0.717, 1.165) is 0 Å². The molecule has 1 atom stereocenters. The van der Waals surface area contributed by atoms with Crippen LogP contribution in [0.2, 0.25) is 0 Å². The van der Waals surface area contributed by atoms with Gasteiger partial charge in [-0.3, -0.25) is 9.59 Å². The summed E-state index contributed by atoms with van der Waals surface area (Å²) in [6.07, 6.45) is -1.59. The lowest BCUT2D eigenvalue weighted by atomic mass is 9.94. The number of rotatable bonds is 6. The van der Waals surface area contributed by atoms with Crippen LogP contribution >= 0.6 is 0 Å². The van der Waals surface area contributed by atoms with Gasteiger partial charge in [0.15, 0.2) is 12.0 Å². The minimum Gasteiger partial charge on any atom is -0.465 e. The molecule has 7 nitrogen and oxygen atoms in total. The molecule has 1 rings (SSSR count). The predicted molar refractivity (Wildman–Crippen MR) is 92.3 cm³/mol. The van der Waals surface area contributed by atoms with Crippen molar-refractivity contribution in [1.82, 2.24) is 0 Å². The lowest BCUT2D eigenvalue weighted by Crippen LogP contribution is -2.27. The molecule has 140 valence electrons. The fraction of sp³-hybridized carbons (Fsp3) is 0.421. The van der Waals surface area contributed by atoms with Crippen LogP contribution in [-0.2, 0) is 28.5 Å². The van der Waals surface area contributed by atoms with E-state index in [1.54, 1.807) is 45.0 Å². The van der Waals surface area contributed by atoms with Gasteiger partial charge in [-0.05, 0) is 32.4 Å². The van der Waals surface area contributed by atoms with Crippen molar-refractivity contribution >= 4 is 18.1 Å². The Kier molecular flexibility index (Phi) is 8.71. The average molecular weight is 362 g/mol. The summed E-state index contributed by atoms with van der Waals surface area (Å²) in [4.78, 5) is 35.7.